The number of rotatable bonds is 6. The second kappa shape index (κ2) is 6.05. The van der Waals surface area contributed by atoms with Crippen molar-refractivity contribution in [2.45, 2.75) is 52.5 Å². The Kier molecular flexibility index (Phi) is 5.01. The molecule has 1 rings (SSSR count). The monoisotopic (exact) mass is 219 g/mol. The van der Waals surface area contributed by atoms with E-state index in [1.165, 1.54) is 24.8 Å². The summed E-state index contributed by atoms with van der Waals surface area (Å²) >= 11 is 0. The summed E-state index contributed by atoms with van der Waals surface area (Å²) in [4.78, 5) is 0. The fraction of sp³-hybridized carbons (Fsp3) is 0.600. The van der Waals surface area contributed by atoms with Crippen LogP contribution in [0, 0.1) is 5.41 Å². The van der Waals surface area contributed by atoms with Crippen molar-refractivity contribution in [3.8, 4) is 0 Å². The highest BCUT2D eigenvalue weighted by molar-refractivity contribution is 5.14. The van der Waals surface area contributed by atoms with E-state index in [2.05, 4.69) is 51.1 Å². The molecule has 0 aliphatic carbocycles. The van der Waals surface area contributed by atoms with E-state index in [0.717, 1.165) is 6.42 Å². The average Bonchev–Trinajstić information content (AvgIpc) is 2.16. The molecule has 0 radical (unpaired) electrons. The van der Waals surface area contributed by atoms with Crippen LogP contribution < -0.4 is 5.73 Å². The van der Waals surface area contributed by atoms with Gasteiger partial charge in [-0.25, -0.2) is 0 Å². The average molecular weight is 219 g/mol. The molecule has 0 saturated heterocycles. The molecule has 0 aliphatic heterocycles. The van der Waals surface area contributed by atoms with Crippen LogP contribution in [0.5, 0.6) is 0 Å². The molecule has 1 nitrogen and oxygen atoms in total. The van der Waals surface area contributed by atoms with Crippen molar-refractivity contribution in [3.63, 3.8) is 0 Å². The maximum absolute atomic E-state index is 5.86. The first-order chi connectivity index (χ1) is 7.49. The Morgan fingerprint density at radius 1 is 1.19 bits per heavy atom. The first-order valence-corrected chi connectivity index (χ1v) is 6.29. The van der Waals surface area contributed by atoms with Gasteiger partial charge in [-0.15, -0.1) is 0 Å². The van der Waals surface area contributed by atoms with Gasteiger partial charge < -0.3 is 5.73 Å². The molecule has 0 heterocycles. The number of aryl methyl sites for hydroxylation is 1. The summed E-state index contributed by atoms with van der Waals surface area (Å²) < 4.78 is 0. The normalized spacial score (nSPS) is 13.8. The Balaban J connectivity index is 2.30. The van der Waals surface area contributed by atoms with Gasteiger partial charge in [0.25, 0.3) is 0 Å². The van der Waals surface area contributed by atoms with E-state index >= 15 is 0 Å². The summed E-state index contributed by atoms with van der Waals surface area (Å²) in [5.74, 6) is 0. The van der Waals surface area contributed by atoms with Crippen molar-refractivity contribution in [2.24, 2.45) is 11.1 Å². The summed E-state index contributed by atoms with van der Waals surface area (Å²) in [7, 11) is 0. The fourth-order valence-corrected chi connectivity index (χ4v) is 2.39. The van der Waals surface area contributed by atoms with Crippen LogP contribution >= 0.6 is 0 Å². The lowest BCUT2D eigenvalue weighted by Gasteiger charge is -2.26. The second-order valence-electron chi connectivity index (χ2n) is 5.68. The molecular formula is C15H25N. The molecule has 1 atom stereocenters. The third-order valence-corrected chi connectivity index (χ3v) is 3.04. The maximum Gasteiger partial charge on any atom is 0.00155 e. The molecule has 0 aromatic heterocycles. The zero-order valence-electron chi connectivity index (χ0n) is 10.9. The number of hydrogen-bond acceptors (Lipinski definition) is 1. The second-order valence-corrected chi connectivity index (χ2v) is 5.68. The van der Waals surface area contributed by atoms with E-state index in [-0.39, 0.29) is 0 Å². The lowest BCUT2D eigenvalue weighted by molar-refractivity contribution is 0.280. The van der Waals surface area contributed by atoms with Crippen LogP contribution in [0.3, 0.4) is 0 Å². The molecule has 0 amide bonds. The molecule has 1 aromatic carbocycles. The highest BCUT2D eigenvalue weighted by atomic mass is 14.6. The molecule has 0 fully saturated rings. The van der Waals surface area contributed by atoms with Gasteiger partial charge in [0, 0.05) is 6.04 Å². The van der Waals surface area contributed by atoms with Crippen molar-refractivity contribution >= 4 is 0 Å². The lowest BCUT2D eigenvalue weighted by Crippen LogP contribution is -2.25. The van der Waals surface area contributed by atoms with Crippen LogP contribution in [0.2, 0.25) is 0 Å². The standard InChI is InChI=1S/C15H25N/c1-13(16)12-15(2,3)11-7-10-14-8-5-4-6-9-14/h4-6,8-9,13H,7,10-12,16H2,1-3H3. The third kappa shape index (κ3) is 5.32. The van der Waals surface area contributed by atoms with Crippen LogP contribution in [-0.4, -0.2) is 6.04 Å². The van der Waals surface area contributed by atoms with Crippen molar-refractivity contribution in [1.29, 1.82) is 0 Å². The van der Waals surface area contributed by atoms with Gasteiger partial charge in [-0.3, -0.25) is 0 Å². The van der Waals surface area contributed by atoms with Crippen molar-refractivity contribution in [2.75, 3.05) is 0 Å². The van der Waals surface area contributed by atoms with Crippen LogP contribution in [0.15, 0.2) is 30.3 Å². The van der Waals surface area contributed by atoms with Crippen molar-refractivity contribution in [3.05, 3.63) is 35.9 Å². The molecule has 0 spiro atoms. The van der Waals surface area contributed by atoms with Crippen molar-refractivity contribution < 1.29 is 0 Å². The molecule has 2 N–H and O–H groups in total. The summed E-state index contributed by atoms with van der Waals surface area (Å²) in [5, 5.41) is 0. The van der Waals surface area contributed by atoms with Crippen LogP contribution in [0.25, 0.3) is 0 Å². The van der Waals surface area contributed by atoms with Crippen LogP contribution in [0.1, 0.15) is 45.6 Å². The number of hydrogen-bond donors (Lipinski definition) is 1. The Hall–Kier alpha value is -0.820. The molecular weight excluding hydrogens is 194 g/mol. The summed E-state index contributed by atoms with van der Waals surface area (Å²) in [6.07, 6.45) is 4.80. The zero-order valence-corrected chi connectivity index (χ0v) is 10.9. The fourth-order valence-electron chi connectivity index (χ4n) is 2.39. The minimum atomic E-state index is 0.312. The Morgan fingerprint density at radius 2 is 1.81 bits per heavy atom. The van der Waals surface area contributed by atoms with E-state index in [1.54, 1.807) is 0 Å². The SMILES string of the molecule is CC(N)CC(C)(C)CCCc1ccccc1. The van der Waals surface area contributed by atoms with Crippen LogP contribution in [-0.2, 0) is 6.42 Å². The van der Waals surface area contributed by atoms with E-state index < -0.39 is 0 Å². The predicted octanol–water partition coefficient (Wildman–Crippen LogP) is 3.77. The van der Waals surface area contributed by atoms with Gasteiger partial charge in [0.2, 0.25) is 0 Å². The van der Waals surface area contributed by atoms with Crippen LogP contribution in [0.4, 0.5) is 0 Å². The predicted molar refractivity (Wildman–Crippen MR) is 71.4 cm³/mol. The first kappa shape index (κ1) is 13.2. The summed E-state index contributed by atoms with van der Waals surface area (Å²) in [6, 6.07) is 11.0. The van der Waals surface area contributed by atoms with Gasteiger partial charge in [0.15, 0.2) is 0 Å². The summed E-state index contributed by atoms with van der Waals surface area (Å²) in [6.45, 7) is 6.74. The summed E-state index contributed by atoms with van der Waals surface area (Å²) in [5.41, 5.74) is 7.68. The highest BCUT2D eigenvalue weighted by Gasteiger charge is 2.18. The van der Waals surface area contributed by atoms with Gasteiger partial charge in [0.1, 0.15) is 0 Å². The molecule has 1 heteroatoms. The third-order valence-electron chi connectivity index (χ3n) is 3.04. The van der Waals surface area contributed by atoms with Gasteiger partial charge in [-0.05, 0) is 43.6 Å². The smallest absolute Gasteiger partial charge is 0.00155 e. The van der Waals surface area contributed by atoms with Gasteiger partial charge >= 0.3 is 0 Å². The molecule has 0 bridgehead atoms. The van der Waals surface area contributed by atoms with E-state index in [1.807, 2.05) is 0 Å². The van der Waals surface area contributed by atoms with Gasteiger partial charge in [0.05, 0.1) is 0 Å². The van der Waals surface area contributed by atoms with E-state index in [4.69, 9.17) is 5.73 Å². The maximum atomic E-state index is 5.86. The topological polar surface area (TPSA) is 26.0 Å². The Morgan fingerprint density at radius 3 is 2.38 bits per heavy atom. The van der Waals surface area contributed by atoms with Gasteiger partial charge in [-0.2, -0.15) is 0 Å². The minimum Gasteiger partial charge on any atom is -0.328 e. The Bertz CT molecular complexity index is 288. The molecule has 0 aliphatic rings. The number of nitrogens with two attached hydrogens (primary N) is 1. The molecule has 90 valence electrons. The first-order valence-electron chi connectivity index (χ1n) is 6.29. The Labute approximate surface area is 100 Å². The largest absolute Gasteiger partial charge is 0.328 e. The van der Waals surface area contributed by atoms with Crippen molar-refractivity contribution in [1.82, 2.24) is 0 Å². The zero-order chi connectivity index (χ0) is 12.0. The molecule has 1 unspecified atom stereocenters. The lowest BCUT2D eigenvalue weighted by atomic mass is 9.81. The highest BCUT2D eigenvalue weighted by Crippen LogP contribution is 2.28. The van der Waals surface area contributed by atoms with E-state index in [0.29, 0.717) is 11.5 Å². The number of benzene rings is 1. The molecule has 1 aromatic rings. The minimum absolute atomic E-state index is 0.312. The quantitative estimate of drug-likeness (QED) is 0.774. The molecule has 16 heavy (non-hydrogen) atoms. The van der Waals surface area contributed by atoms with Gasteiger partial charge in [-0.1, -0.05) is 44.2 Å². The van der Waals surface area contributed by atoms with E-state index in [9.17, 15) is 0 Å². The molecule has 0 saturated carbocycles.